The van der Waals surface area contributed by atoms with Crippen molar-refractivity contribution in [2.24, 2.45) is 0 Å². The van der Waals surface area contributed by atoms with E-state index in [-0.39, 0.29) is 0 Å². The molecule has 0 spiro atoms. The van der Waals surface area contributed by atoms with E-state index in [1.54, 1.807) is 7.11 Å². The number of hydrogen-bond donors (Lipinski definition) is 0. The van der Waals surface area contributed by atoms with Crippen molar-refractivity contribution < 1.29 is 9.47 Å². The molecule has 0 radical (unpaired) electrons. The van der Waals surface area contributed by atoms with Crippen molar-refractivity contribution in [3.63, 3.8) is 0 Å². The van der Waals surface area contributed by atoms with Gasteiger partial charge in [0.2, 0.25) is 0 Å². The smallest absolute Gasteiger partial charge is 0.118 e. The van der Waals surface area contributed by atoms with Crippen LogP contribution in [0.1, 0.15) is 11.1 Å². The normalized spacial score (nSPS) is 9.61. The zero-order chi connectivity index (χ0) is 16.2. The average molecular weight is 306 g/mol. The van der Waals surface area contributed by atoms with Crippen molar-refractivity contribution in [1.82, 2.24) is 0 Å². The summed E-state index contributed by atoms with van der Waals surface area (Å²) < 4.78 is 10.5. The summed E-state index contributed by atoms with van der Waals surface area (Å²) in [6.45, 7) is 1.35. The molecule has 0 aromatic heterocycles. The summed E-state index contributed by atoms with van der Waals surface area (Å²) in [4.78, 5) is 0. The Bertz CT molecular complexity index is 597. The van der Waals surface area contributed by atoms with Crippen LogP contribution in [0, 0.1) is 0 Å². The van der Waals surface area contributed by atoms with E-state index in [0.717, 1.165) is 5.75 Å². The highest BCUT2D eigenvalue weighted by atomic mass is 16.5. The number of ether oxygens (including phenoxy) is 2. The van der Waals surface area contributed by atoms with Crippen molar-refractivity contribution in [1.29, 1.82) is 0 Å². The number of hydrogen-bond acceptors (Lipinski definition) is 2. The van der Waals surface area contributed by atoms with Gasteiger partial charge in [-0.3, -0.25) is 0 Å². The van der Waals surface area contributed by atoms with Crippen LogP contribution in [0.3, 0.4) is 0 Å². The molecule has 23 heavy (non-hydrogen) atoms. The molecule has 0 amide bonds. The monoisotopic (exact) mass is 306 g/mol. The van der Waals surface area contributed by atoms with Gasteiger partial charge < -0.3 is 9.47 Å². The van der Waals surface area contributed by atoms with Gasteiger partial charge in [0.05, 0.1) is 20.3 Å². The molecule has 0 aliphatic heterocycles. The lowest BCUT2D eigenvalue weighted by molar-refractivity contribution is 0.107. The van der Waals surface area contributed by atoms with Crippen LogP contribution in [0.15, 0.2) is 91.0 Å². The molecule has 0 aliphatic carbocycles. The summed E-state index contributed by atoms with van der Waals surface area (Å²) >= 11 is 0. The quantitative estimate of drug-likeness (QED) is 0.653. The topological polar surface area (TPSA) is 18.5 Å². The van der Waals surface area contributed by atoms with E-state index in [4.69, 9.17) is 9.47 Å². The molecule has 0 bridgehead atoms. The molecule has 0 heterocycles. The fourth-order valence-corrected chi connectivity index (χ4v) is 1.99. The van der Waals surface area contributed by atoms with Gasteiger partial charge in [0.25, 0.3) is 0 Å². The fraction of sp³-hybridized carbons (Fsp3) is 0.143. The second-order valence-electron chi connectivity index (χ2n) is 4.98. The van der Waals surface area contributed by atoms with Gasteiger partial charge in [-0.25, -0.2) is 0 Å². The van der Waals surface area contributed by atoms with Gasteiger partial charge >= 0.3 is 0 Å². The minimum atomic E-state index is 0.676. The van der Waals surface area contributed by atoms with Gasteiger partial charge in [-0.2, -0.15) is 0 Å². The molecule has 0 atom stereocenters. The SMILES string of the molecule is COc1ccccc1.c1ccc(COCc2ccccc2)cc1. The highest BCUT2D eigenvalue weighted by Gasteiger charge is 1.93. The first-order valence-electron chi connectivity index (χ1n) is 7.63. The molecule has 0 N–H and O–H groups in total. The maximum Gasteiger partial charge on any atom is 0.118 e. The third-order valence-corrected chi connectivity index (χ3v) is 3.20. The van der Waals surface area contributed by atoms with Crippen LogP contribution in [0.2, 0.25) is 0 Å². The van der Waals surface area contributed by atoms with E-state index in [2.05, 4.69) is 24.3 Å². The lowest BCUT2D eigenvalue weighted by atomic mass is 10.2. The van der Waals surface area contributed by atoms with E-state index >= 15 is 0 Å². The van der Waals surface area contributed by atoms with Gasteiger partial charge in [0.1, 0.15) is 5.75 Å². The minimum Gasteiger partial charge on any atom is -0.497 e. The van der Waals surface area contributed by atoms with Gasteiger partial charge in [-0.05, 0) is 23.3 Å². The average Bonchev–Trinajstić information content (AvgIpc) is 2.65. The Balaban J connectivity index is 0.000000203. The molecule has 0 unspecified atom stereocenters. The number of para-hydroxylation sites is 1. The molecule has 118 valence electrons. The number of methoxy groups -OCH3 is 1. The van der Waals surface area contributed by atoms with E-state index < -0.39 is 0 Å². The standard InChI is InChI=1S/C14H14O.C7H8O/c1-3-7-13(8-4-1)11-15-12-14-9-5-2-6-10-14;1-8-7-5-3-2-4-6-7/h1-10H,11-12H2;2-6H,1H3. The molecule has 3 rings (SSSR count). The van der Waals surface area contributed by atoms with E-state index in [9.17, 15) is 0 Å². The third-order valence-electron chi connectivity index (χ3n) is 3.20. The second-order valence-corrected chi connectivity index (χ2v) is 4.98. The van der Waals surface area contributed by atoms with Crippen LogP contribution in [-0.4, -0.2) is 7.11 Å². The van der Waals surface area contributed by atoms with Gasteiger partial charge in [-0.15, -0.1) is 0 Å². The predicted octanol–water partition coefficient (Wildman–Crippen LogP) is 5.10. The summed E-state index contributed by atoms with van der Waals surface area (Å²) in [5.41, 5.74) is 2.43. The summed E-state index contributed by atoms with van der Waals surface area (Å²) in [5, 5.41) is 0. The third kappa shape index (κ3) is 6.81. The lowest BCUT2D eigenvalue weighted by Gasteiger charge is -2.03. The van der Waals surface area contributed by atoms with Crippen LogP contribution < -0.4 is 4.74 Å². The zero-order valence-electron chi connectivity index (χ0n) is 13.4. The Morgan fingerprint density at radius 3 is 1.30 bits per heavy atom. The van der Waals surface area contributed by atoms with Crippen LogP contribution >= 0.6 is 0 Å². The first-order valence-corrected chi connectivity index (χ1v) is 7.63. The Morgan fingerprint density at radius 2 is 0.957 bits per heavy atom. The second kappa shape index (κ2) is 10.2. The number of rotatable bonds is 5. The van der Waals surface area contributed by atoms with Crippen LogP contribution in [0.25, 0.3) is 0 Å². The number of benzene rings is 3. The van der Waals surface area contributed by atoms with Crippen LogP contribution in [0.5, 0.6) is 5.75 Å². The Labute approximate surface area is 138 Å². The molecule has 2 heteroatoms. The first kappa shape index (κ1) is 16.8. The predicted molar refractivity (Wildman–Crippen MR) is 94.4 cm³/mol. The Hall–Kier alpha value is -2.58. The lowest BCUT2D eigenvalue weighted by Crippen LogP contribution is -1.93. The summed E-state index contributed by atoms with van der Waals surface area (Å²) in [7, 11) is 1.66. The zero-order valence-corrected chi connectivity index (χ0v) is 13.4. The summed E-state index contributed by atoms with van der Waals surface area (Å²) in [6, 6.07) is 30.1. The molecule has 0 saturated heterocycles. The highest BCUT2D eigenvalue weighted by Crippen LogP contribution is 2.06. The first-order chi connectivity index (χ1) is 11.4. The molecule has 2 nitrogen and oxygen atoms in total. The van der Waals surface area contributed by atoms with Crippen molar-refractivity contribution in [2.75, 3.05) is 7.11 Å². The minimum absolute atomic E-state index is 0.676. The maximum absolute atomic E-state index is 5.61. The Morgan fingerprint density at radius 1 is 0.565 bits per heavy atom. The largest absolute Gasteiger partial charge is 0.497 e. The van der Waals surface area contributed by atoms with Gasteiger partial charge in [0, 0.05) is 0 Å². The summed E-state index contributed by atoms with van der Waals surface area (Å²) in [5.74, 6) is 0.910. The van der Waals surface area contributed by atoms with E-state index in [0.29, 0.717) is 13.2 Å². The molecular weight excluding hydrogens is 284 g/mol. The Kier molecular flexibility index (Phi) is 7.44. The molecule has 3 aromatic rings. The van der Waals surface area contributed by atoms with Crippen molar-refractivity contribution in [3.8, 4) is 5.75 Å². The van der Waals surface area contributed by atoms with Gasteiger partial charge in [-0.1, -0.05) is 78.9 Å². The van der Waals surface area contributed by atoms with Crippen molar-refractivity contribution >= 4 is 0 Å². The fourth-order valence-electron chi connectivity index (χ4n) is 1.99. The highest BCUT2D eigenvalue weighted by molar-refractivity contribution is 5.20. The molecule has 0 saturated carbocycles. The molecule has 0 aliphatic rings. The van der Waals surface area contributed by atoms with Crippen LogP contribution in [-0.2, 0) is 18.0 Å². The van der Waals surface area contributed by atoms with Gasteiger partial charge in [0.15, 0.2) is 0 Å². The van der Waals surface area contributed by atoms with E-state index in [1.807, 2.05) is 66.7 Å². The van der Waals surface area contributed by atoms with Crippen LogP contribution in [0.4, 0.5) is 0 Å². The molecular formula is C21H22O2. The molecule has 0 fully saturated rings. The molecule has 3 aromatic carbocycles. The van der Waals surface area contributed by atoms with Crippen molar-refractivity contribution in [2.45, 2.75) is 13.2 Å². The maximum atomic E-state index is 5.61. The summed E-state index contributed by atoms with van der Waals surface area (Å²) in [6.07, 6.45) is 0. The van der Waals surface area contributed by atoms with E-state index in [1.165, 1.54) is 11.1 Å². The van der Waals surface area contributed by atoms with Crippen molar-refractivity contribution in [3.05, 3.63) is 102 Å².